The van der Waals surface area contributed by atoms with Gasteiger partial charge in [0.25, 0.3) is 0 Å². The molecule has 1 fully saturated rings. The third-order valence-corrected chi connectivity index (χ3v) is 4.40. The maximum absolute atomic E-state index is 11.8. The summed E-state index contributed by atoms with van der Waals surface area (Å²) in [5.74, 6) is 0.0295. The molecule has 1 heterocycles. The van der Waals surface area contributed by atoms with Crippen molar-refractivity contribution in [3.05, 3.63) is 0 Å². The number of ether oxygens (including phenoxy) is 1. The third-order valence-electron chi connectivity index (χ3n) is 2.56. The summed E-state index contributed by atoms with van der Waals surface area (Å²) < 4.78 is 29.8. The van der Waals surface area contributed by atoms with Crippen LogP contribution in [-0.4, -0.2) is 69.8 Å². The normalized spacial score (nSPS) is 19.5. The largest absolute Gasteiger partial charge is 0.384 e. The Labute approximate surface area is 96.4 Å². The Kier molecular flexibility index (Phi) is 5.15. The Morgan fingerprint density at radius 1 is 1.31 bits per heavy atom. The van der Waals surface area contributed by atoms with Gasteiger partial charge in [-0.05, 0) is 0 Å². The minimum absolute atomic E-state index is 0.0295. The van der Waals surface area contributed by atoms with Gasteiger partial charge in [-0.25, -0.2) is 8.42 Å². The molecule has 0 aromatic carbocycles. The molecule has 1 rings (SSSR count). The van der Waals surface area contributed by atoms with Crippen LogP contribution in [0.2, 0.25) is 0 Å². The van der Waals surface area contributed by atoms with Crippen molar-refractivity contribution in [3.63, 3.8) is 0 Å². The monoisotopic (exact) mass is 247 g/mol. The van der Waals surface area contributed by atoms with E-state index in [0.717, 1.165) is 0 Å². The van der Waals surface area contributed by atoms with Crippen LogP contribution in [0.25, 0.3) is 0 Å². The number of hydrogen-bond acceptors (Lipinski definition) is 5. The fourth-order valence-electron chi connectivity index (χ4n) is 1.58. The number of sulfonamides is 1. The van der Waals surface area contributed by atoms with Gasteiger partial charge < -0.3 is 4.74 Å². The van der Waals surface area contributed by atoms with Crippen LogP contribution in [0, 0.1) is 11.3 Å². The summed E-state index contributed by atoms with van der Waals surface area (Å²) in [6.07, 6.45) is 0. The molecule has 0 atom stereocenters. The van der Waals surface area contributed by atoms with Gasteiger partial charge in [0.2, 0.25) is 10.0 Å². The zero-order chi connectivity index (χ0) is 12.0. The van der Waals surface area contributed by atoms with Crippen LogP contribution >= 0.6 is 0 Å². The zero-order valence-electron chi connectivity index (χ0n) is 9.42. The summed E-state index contributed by atoms with van der Waals surface area (Å²) >= 11 is 0. The topological polar surface area (TPSA) is 73.6 Å². The SMILES string of the molecule is COCCS(=O)(=O)N1CCN(CC#N)CC1. The van der Waals surface area contributed by atoms with Crippen molar-refractivity contribution in [2.24, 2.45) is 0 Å². The Hall–Kier alpha value is -0.680. The number of nitriles is 1. The van der Waals surface area contributed by atoms with E-state index in [1.165, 1.54) is 11.4 Å². The minimum atomic E-state index is -3.19. The van der Waals surface area contributed by atoms with Gasteiger partial charge in [-0.2, -0.15) is 9.57 Å². The maximum Gasteiger partial charge on any atom is 0.216 e. The first kappa shape index (κ1) is 13.4. The predicted molar refractivity (Wildman–Crippen MR) is 59.3 cm³/mol. The maximum atomic E-state index is 11.8. The quantitative estimate of drug-likeness (QED) is 0.589. The molecule has 1 saturated heterocycles. The molecule has 92 valence electrons. The lowest BCUT2D eigenvalue weighted by molar-refractivity contribution is 0.198. The first-order valence-electron chi connectivity index (χ1n) is 5.16. The van der Waals surface area contributed by atoms with Crippen LogP contribution in [0.3, 0.4) is 0 Å². The molecule has 1 aliphatic rings. The third kappa shape index (κ3) is 3.72. The molecule has 0 saturated carbocycles. The molecule has 0 N–H and O–H groups in total. The van der Waals surface area contributed by atoms with E-state index in [4.69, 9.17) is 10.00 Å². The van der Waals surface area contributed by atoms with Crippen LogP contribution in [0.15, 0.2) is 0 Å². The summed E-state index contributed by atoms with van der Waals surface area (Å²) in [7, 11) is -1.70. The Morgan fingerprint density at radius 2 is 1.94 bits per heavy atom. The molecule has 7 heteroatoms. The van der Waals surface area contributed by atoms with Crippen LogP contribution in [0.5, 0.6) is 0 Å². The average molecular weight is 247 g/mol. The van der Waals surface area contributed by atoms with Gasteiger partial charge in [0.15, 0.2) is 0 Å². The van der Waals surface area contributed by atoms with E-state index in [0.29, 0.717) is 32.7 Å². The summed E-state index contributed by atoms with van der Waals surface area (Å²) in [6, 6.07) is 2.06. The number of hydrogen-bond donors (Lipinski definition) is 0. The van der Waals surface area contributed by atoms with Gasteiger partial charge in [0.1, 0.15) is 0 Å². The molecule has 0 aromatic heterocycles. The molecule has 0 amide bonds. The molecule has 0 aromatic rings. The summed E-state index contributed by atoms with van der Waals surface area (Å²) in [5.41, 5.74) is 0. The van der Waals surface area contributed by atoms with E-state index < -0.39 is 10.0 Å². The summed E-state index contributed by atoms with van der Waals surface area (Å²) in [5, 5.41) is 8.52. The number of nitrogens with zero attached hydrogens (tertiary/aromatic N) is 3. The van der Waals surface area contributed by atoms with Crippen LogP contribution in [-0.2, 0) is 14.8 Å². The highest BCUT2D eigenvalue weighted by atomic mass is 32.2. The highest BCUT2D eigenvalue weighted by Crippen LogP contribution is 2.07. The second-order valence-corrected chi connectivity index (χ2v) is 5.73. The van der Waals surface area contributed by atoms with Crippen molar-refractivity contribution >= 4 is 10.0 Å². The molecular formula is C9H17N3O3S. The van der Waals surface area contributed by atoms with E-state index in [9.17, 15) is 8.42 Å². The Bertz CT molecular complexity index is 342. The predicted octanol–water partition coefficient (Wildman–Crippen LogP) is -0.896. The van der Waals surface area contributed by atoms with Gasteiger partial charge in [0.05, 0.1) is 25.0 Å². The van der Waals surface area contributed by atoms with E-state index in [-0.39, 0.29) is 12.4 Å². The molecule has 1 aliphatic heterocycles. The van der Waals surface area contributed by atoms with E-state index in [1.807, 2.05) is 4.90 Å². The van der Waals surface area contributed by atoms with Crippen LogP contribution in [0.1, 0.15) is 0 Å². The van der Waals surface area contributed by atoms with Gasteiger partial charge in [-0.3, -0.25) is 4.90 Å². The zero-order valence-corrected chi connectivity index (χ0v) is 10.2. The standard InChI is InChI=1S/C9H17N3O3S/c1-15-8-9-16(13,14)12-6-4-11(3-2-10)5-7-12/h3-9H2,1H3. The number of methoxy groups -OCH3 is 1. The van der Waals surface area contributed by atoms with Crippen molar-refractivity contribution in [1.82, 2.24) is 9.21 Å². The van der Waals surface area contributed by atoms with Crippen LogP contribution < -0.4 is 0 Å². The molecular weight excluding hydrogens is 230 g/mol. The fraction of sp³-hybridized carbons (Fsp3) is 0.889. The molecule has 16 heavy (non-hydrogen) atoms. The van der Waals surface area contributed by atoms with Gasteiger partial charge in [-0.1, -0.05) is 0 Å². The lowest BCUT2D eigenvalue weighted by Crippen LogP contribution is -2.49. The highest BCUT2D eigenvalue weighted by Gasteiger charge is 2.26. The molecule has 0 radical (unpaired) electrons. The van der Waals surface area contributed by atoms with Gasteiger partial charge in [0, 0.05) is 33.3 Å². The molecule has 0 bridgehead atoms. The minimum Gasteiger partial charge on any atom is -0.384 e. The van der Waals surface area contributed by atoms with Crippen LogP contribution in [0.4, 0.5) is 0 Å². The van der Waals surface area contributed by atoms with Crippen molar-refractivity contribution in [2.75, 3.05) is 52.2 Å². The smallest absolute Gasteiger partial charge is 0.216 e. The van der Waals surface area contributed by atoms with Crippen molar-refractivity contribution in [1.29, 1.82) is 5.26 Å². The van der Waals surface area contributed by atoms with E-state index >= 15 is 0 Å². The van der Waals surface area contributed by atoms with Crippen molar-refractivity contribution < 1.29 is 13.2 Å². The van der Waals surface area contributed by atoms with E-state index in [1.54, 1.807) is 0 Å². The van der Waals surface area contributed by atoms with E-state index in [2.05, 4.69) is 6.07 Å². The molecule has 0 aliphatic carbocycles. The Balaban J connectivity index is 2.44. The second kappa shape index (κ2) is 6.15. The fourth-order valence-corrected chi connectivity index (χ4v) is 2.94. The van der Waals surface area contributed by atoms with Gasteiger partial charge >= 0.3 is 0 Å². The summed E-state index contributed by atoms with van der Waals surface area (Å²) in [6.45, 7) is 2.77. The highest BCUT2D eigenvalue weighted by molar-refractivity contribution is 7.89. The molecule has 6 nitrogen and oxygen atoms in total. The lowest BCUT2D eigenvalue weighted by atomic mass is 10.4. The first-order valence-corrected chi connectivity index (χ1v) is 6.77. The first-order chi connectivity index (χ1) is 7.60. The summed E-state index contributed by atoms with van der Waals surface area (Å²) in [4.78, 5) is 1.95. The molecule has 0 spiro atoms. The average Bonchev–Trinajstić information content (AvgIpc) is 2.28. The van der Waals surface area contributed by atoms with Gasteiger partial charge in [-0.15, -0.1) is 0 Å². The number of rotatable bonds is 5. The van der Waals surface area contributed by atoms with Crippen molar-refractivity contribution in [3.8, 4) is 6.07 Å². The Morgan fingerprint density at radius 3 is 2.44 bits per heavy atom. The number of piperazine rings is 1. The van der Waals surface area contributed by atoms with Crippen molar-refractivity contribution in [2.45, 2.75) is 0 Å². The second-order valence-electron chi connectivity index (χ2n) is 3.64. The lowest BCUT2D eigenvalue weighted by Gasteiger charge is -2.32. The molecule has 0 unspecified atom stereocenters.